The van der Waals surface area contributed by atoms with Gasteiger partial charge in [-0.15, -0.1) is 0 Å². The Balaban J connectivity index is 1.55. The highest BCUT2D eigenvalue weighted by molar-refractivity contribution is 14.1. The fraction of sp³-hybridized carbons (Fsp3) is 0.107. The molecule has 0 saturated heterocycles. The minimum atomic E-state index is -0.624. The van der Waals surface area contributed by atoms with Gasteiger partial charge in [-0.25, -0.2) is 13.6 Å². The van der Waals surface area contributed by atoms with E-state index in [2.05, 4.69) is 55.8 Å². The number of carbonyl (C=O) groups is 1. The molecule has 0 aliphatic rings. The van der Waals surface area contributed by atoms with Crippen LogP contribution in [0.3, 0.4) is 0 Å². The summed E-state index contributed by atoms with van der Waals surface area (Å²) in [6.07, 6.45) is 0. The maximum atomic E-state index is 14.0. The molecule has 0 radical (unpaired) electrons. The van der Waals surface area contributed by atoms with Crippen molar-refractivity contribution in [1.29, 1.82) is 0 Å². The molecule has 0 aliphatic carbocycles. The van der Waals surface area contributed by atoms with E-state index in [0.29, 0.717) is 16.9 Å². The fourth-order valence-electron chi connectivity index (χ4n) is 3.63. The van der Waals surface area contributed by atoms with E-state index in [4.69, 9.17) is 4.74 Å². The van der Waals surface area contributed by atoms with Gasteiger partial charge in [0.2, 0.25) is 0 Å². The number of anilines is 4. The lowest BCUT2D eigenvalue weighted by Gasteiger charge is -2.16. The number of rotatable bonds is 7. The van der Waals surface area contributed by atoms with E-state index in [1.54, 1.807) is 6.07 Å². The Morgan fingerprint density at radius 1 is 0.722 bits per heavy atom. The highest BCUT2D eigenvalue weighted by Crippen LogP contribution is 2.29. The van der Waals surface area contributed by atoms with Gasteiger partial charge >= 0.3 is 5.97 Å². The second-order valence-electron chi connectivity index (χ2n) is 8.24. The largest absolute Gasteiger partial charge is 0.457 e. The lowest BCUT2D eigenvalue weighted by atomic mass is 10.1. The van der Waals surface area contributed by atoms with Gasteiger partial charge in [-0.05, 0) is 137 Å². The van der Waals surface area contributed by atoms with Gasteiger partial charge in [-0.3, -0.25) is 0 Å². The van der Waals surface area contributed by atoms with Crippen molar-refractivity contribution in [2.75, 3.05) is 10.6 Å². The highest BCUT2D eigenvalue weighted by Gasteiger charge is 2.17. The number of benzene rings is 4. The minimum absolute atomic E-state index is 0.0930. The summed E-state index contributed by atoms with van der Waals surface area (Å²) in [5.41, 5.74) is 5.14. The van der Waals surface area contributed by atoms with Crippen LogP contribution < -0.4 is 10.6 Å². The normalized spacial score (nSPS) is 10.7. The Morgan fingerprint density at radius 3 is 1.83 bits per heavy atom. The topological polar surface area (TPSA) is 50.4 Å². The van der Waals surface area contributed by atoms with E-state index in [9.17, 15) is 13.6 Å². The van der Waals surface area contributed by atoms with E-state index in [1.165, 1.54) is 30.3 Å². The van der Waals surface area contributed by atoms with Crippen LogP contribution in [0.2, 0.25) is 0 Å². The SMILES string of the molecule is Cc1cc(I)ccc1Nc1cc(F)ccc1COC(=O)c1ccc(F)cc1Nc1ccc(I)cc1C. The minimum Gasteiger partial charge on any atom is -0.457 e. The molecule has 0 saturated carbocycles. The molecule has 0 aromatic heterocycles. The molecule has 2 N–H and O–H groups in total. The van der Waals surface area contributed by atoms with Crippen LogP contribution in [0.25, 0.3) is 0 Å². The zero-order valence-electron chi connectivity index (χ0n) is 19.5. The Hall–Kier alpha value is -2.73. The number of aryl methyl sites for hydroxylation is 2. The fourth-order valence-corrected chi connectivity index (χ4v) is 4.93. The lowest BCUT2D eigenvalue weighted by Crippen LogP contribution is -2.10. The monoisotopic (exact) mass is 710 g/mol. The molecule has 4 aromatic carbocycles. The molecule has 0 heterocycles. The van der Waals surface area contributed by atoms with E-state index in [0.717, 1.165) is 29.6 Å². The average Bonchev–Trinajstić information content (AvgIpc) is 2.82. The van der Waals surface area contributed by atoms with Crippen molar-refractivity contribution in [2.45, 2.75) is 20.5 Å². The van der Waals surface area contributed by atoms with E-state index < -0.39 is 17.6 Å². The number of hydrogen-bond acceptors (Lipinski definition) is 4. The summed E-state index contributed by atoms with van der Waals surface area (Å²) in [7, 11) is 0. The first kappa shape index (κ1) is 26.3. The van der Waals surface area contributed by atoms with Crippen molar-refractivity contribution in [2.24, 2.45) is 0 Å². The maximum absolute atomic E-state index is 14.0. The van der Waals surface area contributed by atoms with Crippen LogP contribution >= 0.6 is 45.2 Å². The van der Waals surface area contributed by atoms with Crippen LogP contribution in [-0.2, 0) is 11.3 Å². The van der Waals surface area contributed by atoms with Crippen LogP contribution in [0, 0.1) is 32.6 Å². The van der Waals surface area contributed by atoms with E-state index in [-0.39, 0.29) is 12.2 Å². The summed E-state index contributed by atoms with van der Waals surface area (Å²) in [5.74, 6) is -1.51. The van der Waals surface area contributed by atoms with Crippen LogP contribution in [0.4, 0.5) is 31.5 Å². The van der Waals surface area contributed by atoms with E-state index in [1.807, 2.05) is 50.2 Å². The van der Waals surface area contributed by atoms with Gasteiger partial charge in [0.05, 0.1) is 11.3 Å². The average molecular weight is 710 g/mol. The van der Waals surface area contributed by atoms with Gasteiger partial charge in [0.15, 0.2) is 0 Å². The predicted octanol–water partition coefficient (Wildman–Crippen LogP) is 8.64. The Bertz CT molecular complexity index is 1440. The molecular formula is C28H22F2I2N2O2. The number of esters is 1. The second kappa shape index (κ2) is 11.5. The van der Waals surface area contributed by atoms with Crippen LogP contribution in [0.5, 0.6) is 0 Å². The van der Waals surface area contributed by atoms with Gasteiger partial charge in [0.1, 0.15) is 18.2 Å². The number of hydrogen-bond donors (Lipinski definition) is 2. The van der Waals surface area contributed by atoms with Crippen LogP contribution in [0.15, 0.2) is 72.8 Å². The molecule has 0 fully saturated rings. The van der Waals surface area contributed by atoms with Gasteiger partial charge in [0.25, 0.3) is 0 Å². The first-order valence-corrected chi connectivity index (χ1v) is 13.2. The summed E-state index contributed by atoms with van der Waals surface area (Å²) in [4.78, 5) is 13.0. The first-order chi connectivity index (χ1) is 17.2. The number of halogens is 4. The predicted molar refractivity (Wildman–Crippen MR) is 156 cm³/mol. The highest BCUT2D eigenvalue weighted by atomic mass is 127. The molecule has 8 heteroatoms. The molecule has 4 nitrogen and oxygen atoms in total. The molecule has 0 unspecified atom stereocenters. The molecule has 184 valence electrons. The zero-order valence-corrected chi connectivity index (χ0v) is 23.8. The third-order valence-corrected chi connectivity index (χ3v) is 6.89. The van der Waals surface area contributed by atoms with E-state index >= 15 is 0 Å². The first-order valence-electron chi connectivity index (χ1n) is 11.0. The van der Waals surface area contributed by atoms with Crippen LogP contribution in [0.1, 0.15) is 27.0 Å². The summed E-state index contributed by atoms with van der Waals surface area (Å²) < 4.78 is 35.8. The maximum Gasteiger partial charge on any atom is 0.340 e. The standard InChI is InChI=1S/C28H22F2I2N2O2/c1-16-11-21(31)6-9-24(16)33-26-13-19(29)4-3-18(26)15-36-28(35)23-8-5-20(30)14-27(23)34-25-10-7-22(32)12-17(25)2/h3-14,33-34H,15H2,1-2H3. The van der Waals surface area contributed by atoms with Crippen molar-refractivity contribution in [3.8, 4) is 0 Å². The lowest BCUT2D eigenvalue weighted by molar-refractivity contribution is 0.0474. The number of carbonyl (C=O) groups excluding carboxylic acids is 1. The molecular weight excluding hydrogens is 688 g/mol. The summed E-state index contributed by atoms with van der Waals surface area (Å²) in [5, 5.41) is 6.38. The molecule has 4 aromatic rings. The van der Waals surface area contributed by atoms with Crippen LogP contribution in [-0.4, -0.2) is 5.97 Å². The summed E-state index contributed by atoms with van der Waals surface area (Å²) in [6, 6.07) is 19.8. The van der Waals surface area contributed by atoms with Crippen molar-refractivity contribution < 1.29 is 18.3 Å². The third kappa shape index (κ3) is 6.52. The van der Waals surface area contributed by atoms with Crippen molar-refractivity contribution in [3.63, 3.8) is 0 Å². The van der Waals surface area contributed by atoms with Gasteiger partial charge in [-0.1, -0.05) is 6.07 Å². The molecule has 4 rings (SSSR count). The number of nitrogens with one attached hydrogen (secondary N) is 2. The van der Waals surface area contributed by atoms with Crippen molar-refractivity contribution >= 4 is 73.9 Å². The zero-order chi connectivity index (χ0) is 25.8. The smallest absolute Gasteiger partial charge is 0.340 e. The van der Waals surface area contributed by atoms with Gasteiger partial charge < -0.3 is 15.4 Å². The molecule has 0 spiro atoms. The van der Waals surface area contributed by atoms with Gasteiger partial charge in [0, 0.05) is 29.8 Å². The summed E-state index contributed by atoms with van der Waals surface area (Å²) >= 11 is 4.45. The van der Waals surface area contributed by atoms with Crippen molar-refractivity contribution in [3.05, 3.63) is 114 Å². The molecule has 0 amide bonds. The Kier molecular flexibility index (Phi) is 8.45. The summed E-state index contributed by atoms with van der Waals surface area (Å²) in [6.45, 7) is 3.80. The third-order valence-electron chi connectivity index (χ3n) is 5.55. The Labute approximate surface area is 235 Å². The molecule has 0 bridgehead atoms. The molecule has 0 atom stereocenters. The van der Waals surface area contributed by atoms with Crippen molar-refractivity contribution in [1.82, 2.24) is 0 Å². The molecule has 0 aliphatic heterocycles. The molecule has 36 heavy (non-hydrogen) atoms. The Morgan fingerprint density at radius 2 is 1.25 bits per heavy atom. The van der Waals surface area contributed by atoms with Gasteiger partial charge in [-0.2, -0.15) is 0 Å². The quantitative estimate of drug-likeness (QED) is 0.149. The second-order valence-corrected chi connectivity index (χ2v) is 10.7. The number of ether oxygens (including phenoxy) is 1.